The van der Waals surface area contributed by atoms with Crippen molar-refractivity contribution in [3.63, 3.8) is 0 Å². The SMILES string of the molecule is c1ccc(-c2nc3c(-c4ccc(N(c5cccc(-c6ccc7ccccc7c6)c5)c5ccc6c(c5)oc5ccccc56)cc4)cccc3o2)cc1. The number of nitrogens with zero attached hydrogens (tertiary/aromatic N) is 2. The monoisotopic (exact) mass is 654 g/mol. The predicted molar refractivity (Wildman–Crippen MR) is 210 cm³/mol. The van der Waals surface area contributed by atoms with Crippen LogP contribution in [0.1, 0.15) is 0 Å². The first-order valence-corrected chi connectivity index (χ1v) is 17.1. The number of aromatic nitrogens is 1. The molecule has 0 aliphatic carbocycles. The van der Waals surface area contributed by atoms with E-state index in [2.05, 4.69) is 132 Å². The molecule has 10 aromatic rings. The molecule has 0 atom stereocenters. The van der Waals surface area contributed by atoms with E-state index in [1.165, 1.54) is 16.3 Å². The van der Waals surface area contributed by atoms with Crippen LogP contribution in [-0.4, -0.2) is 4.98 Å². The Morgan fingerprint density at radius 1 is 0.373 bits per heavy atom. The second-order valence-electron chi connectivity index (χ2n) is 12.8. The summed E-state index contributed by atoms with van der Waals surface area (Å²) in [5, 5.41) is 4.67. The Balaban J connectivity index is 1.09. The van der Waals surface area contributed by atoms with Gasteiger partial charge < -0.3 is 13.7 Å². The molecule has 51 heavy (non-hydrogen) atoms. The lowest BCUT2D eigenvalue weighted by Gasteiger charge is -2.26. The summed E-state index contributed by atoms with van der Waals surface area (Å²) in [6.07, 6.45) is 0. The molecule has 0 bridgehead atoms. The average molecular weight is 655 g/mol. The molecule has 0 saturated heterocycles. The fourth-order valence-electron chi connectivity index (χ4n) is 7.17. The first kappa shape index (κ1) is 29.0. The third kappa shape index (κ3) is 5.13. The fraction of sp³-hybridized carbons (Fsp3) is 0. The highest BCUT2D eigenvalue weighted by molar-refractivity contribution is 6.06. The van der Waals surface area contributed by atoms with E-state index in [1.54, 1.807) is 0 Å². The third-order valence-corrected chi connectivity index (χ3v) is 9.68. The Hall–Kier alpha value is -6.91. The molecule has 0 amide bonds. The molecule has 2 aromatic heterocycles. The van der Waals surface area contributed by atoms with Crippen molar-refractivity contribution in [1.29, 1.82) is 0 Å². The number of anilines is 3. The standard InChI is InChI=1S/C47H30N2O2/c1-2-11-33(12-3-1)47-48-46-40(17-9-19-44(46)51-47)32-22-24-37(25-23-32)49(39-26-27-42-41-16-6-7-18-43(41)50-45(42)30-39)38-15-8-14-35(29-38)36-21-20-31-10-4-5-13-34(31)28-36/h1-30H. The zero-order valence-electron chi connectivity index (χ0n) is 27.5. The molecule has 0 aliphatic rings. The van der Waals surface area contributed by atoms with Gasteiger partial charge >= 0.3 is 0 Å². The highest BCUT2D eigenvalue weighted by Crippen LogP contribution is 2.41. The molecule has 4 nitrogen and oxygen atoms in total. The number of hydrogen-bond acceptors (Lipinski definition) is 4. The van der Waals surface area contributed by atoms with Gasteiger partial charge in [0.05, 0.1) is 0 Å². The largest absolute Gasteiger partial charge is 0.456 e. The van der Waals surface area contributed by atoms with Crippen LogP contribution in [0, 0.1) is 0 Å². The van der Waals surface area contributed by atoms with Crippen molar-refractivity contribution < 1.29 is 8.83 Å². The molecule has 8 aromatic carbocycles. The number of furan rings is 1. The van der Waals surface area contributed by atoms with Gasteiger partial charge in [-0.2, -0.15) is 0 Å². The van der Waals surface area contributed by atoms with E-state index in [-0.39, 0.29) is 0 Å². The number of benzene rings is 8. The lowest BCUT2D eigenvalue weighted by atomic mass is 10.00. The molecular formula is C47H30N2O2. The Morgan fingerprint density at radius 2 is 1.04 bits per heavy atom. The molecule has 2 heterocycles. The van der Waals surface area contributed by atoms with Gasteiger partial charge in [0.25, 0.3) is 0 Å². The van der Waals surface area contributed by atoms with Gasteiger partial charge in [-0.1, -0.05) is 109 Å². The van der Waals surface area contributed by atoms with Crippen LogP contribution in [0.25, 0.3) is 77.5 Å². The van der Waals surface area contributed by atoms with Crippen molar-refractivity contribution in [1.82, 2.24) is 4.98 Å². The molecule has 0 saturated carbocycles. The Morgan fingerprint density at radius 3 is 1.94 bits per heavy atom. The minimum Gasteiger partial charge on any atom is -0.456 e. The van der Waals surface area contributed by atoms with Crippen molar-refractivity contribution in [2.45, 2.75) is 0 Å². The first-order chi connectivity index (χ1) is 25.2. The molecule has 4 heteroatoms. The first-order valence-electron chi connectivity index (χ1n) is 17.1. The van der Waals surface area contributed by atoms with Crippen LogP contribution in [0.4, 0.5) is 17.1 Å². The van der Waals surface area contributed by atoms with Crippen molar-refractivity contribution in [2.24, 2.45) is 0 Å². The summed E-state index contributed by atoms with van der Waals surface area (Å²) in [5.41, 5.74) is 11.8. The highest BCUT2D eigenvalue weighted by Gasteiger charge is 2.18. The molecule has 0 N–H and O–H groups in total. The summed E-state index contributed by atoms with van der Waals surface area (Å²) >= 11 is 0. The number of fused-ring (bicyclic) bond motifs is 5. The minimum absolute atomic E-state index is 0.619. The third-order valence-electron chi connectivity index (χ3n) is 9.68. The van der Waals surface area contributed by atoms with Crippen LogP contribution in [-0.2, 0) is 0 Å². The van der Waals surface area contributed by atoms with Gasteiger partial charge in [-0.05, 0) is 94.2 Å². The van der Waals surface area contributed by atoms with Crippen LogP contribution in [0.3, 0.4) is 0 Å². The summed E-state index contributed by atoms with van der Waals surface area (Å²) in [6.45, 7) is 0. The van der Waals surface area contributed by atoms with E-state index < -0.39 is 0 Å². The highest BCUT2D eigenvalue weighted by atomic mass is 16.3. The van der Waals surface area contributed by atoms with Gasteiger partial charge in [-0.25, -0.2) is 4.98 Å². The molecule has 0 radical (unpaired) electrons. The van der Waals surface area contributed by atoms with E-state index in [0.29, 0.717) is 5.89 Å². The van der Waals surface area contributed by atoms with Crippen molar-refractivity contribution >= 4 is 60.9 Å². The van der Waals surface area contributed by atoms with Crippen LogP contribution in [0.2, 0.25) is 0 Å². The van der Waals surface area contributed by atoms with Crippen molar-refractivity contribution in [3.05, 3.63) is 182 Å². The maximum atomic E-state index is 6.36. The van der Waals surface area contributed by atoms with Gasteiger partial charge in [-0.3, -0.25) is 0 Å². The second kappa shape index (κ2) is 11.9. The lowest BCUT2D eigenvalue weighted by molar-refractivity contribution is 0.620. The minimum atomic E-state index is 0.619. The zero-order chi connectivity index (χ0) is 33.7. The van der Waals surface area contributed by atoms with Crippen LogP contribution < -0.4 is 4.90 Å². The van der Waals surface area contributed by atoms with E-state index in [9.17, 15) is 0 Å². The molecular weight excluding hydrogens is 625 g/mol. The van der Waals surface area contributed by atoms with Crippen molar-refractivity contribution in [2.75, 3.05) is 4.90 Å². The topological polar surface area (TPSA) is 42.4 Å². The van der Waals surface area contributed by atoms with Crippen LogP contribution in [0.5, 0.6) is 0 Å². The van der Waals surface area contributed by atoms with E-state index in [4.69, 9.17) is 13.8 Å². The summed E-state index contributed by atoms with van der Waals surface area (Å²) in [6, 6.07) is 63.4. The molecule has 0 aliphatic heterocycles. The van der Waals surface area contributed by atoms with Crippen LogP contribution >= 0.6 is 0 Å². The van der Waals surface area contributed by atoms with E-state index in [1.807, 2.05) is 54.6 Å². The number of oxazole rings is 1. The smallest absolute Gasteiger partial charge is 0.227 e. The Bertz CT molecular complexity index is 2870. The zero-order valence-corrected chi connectivity index (χ0v) is 27.5. The van der Waals surface area contributed by atoms with Gasteiger partial charge in [0.2, 0.25) is 5.89 Å². The van der Waals surface area contributed by atoms with Gasteiger partial charge in [0.15, 0.2) is 5.58 Å². The maximum absolute atomic E-state index is 6.36. The van der Waals surface area contributed by atoms with E-state index >= 15 is 0 Å². The molecule has 0 fully saturated rings. The number of para-hydroxylation sites is 2. The number of hydrogen-bond donors (Lipinski definition) is 0. The molecule has 0 spiro atoms. The van der Waals surface area contributed by atoms with Gasteiger partial charge in [-0.15, -0.1) is 0 Å². The number of rotatable bonds is 6. The summed E-state index contributed by atoms with van der Waals surface area (Å²) in [7, 11) is 0. The summed E-state index contributed by atoms with van der Waals surface area (Å²) < 4.78 is 12.6. The fourth-order valence-corrected chi connectivity index (χ4v) is 7.17. The summed E-state index contributed by atoms with van der Waals surface area (Å²) in [4.78, 5) is 7.23. The molecule has 10 rings (SSSR count). The summed E-state index contributed by atoms with van der Waals surface area (Å²) in [5.74, 6) is 0.619. The van der Waals surface area contributed by atoms with Gasteiger partial charge in [0.1, 0.15) is 16.7 Å². The normalized spacial score (nSPS) is 11.5. The van der Waals surface area contributed by atoms with Crippen LogP contribution in [0.15, 0.2) is 191 Å². The quantitative estimate of drug-likeness (QED) is 0.179. The molecule has 240 valence electrons. The lowest BCUT2D eigenvalue weighted by Crippen LogP contribution is -2.10. The maximum Gasteiger partial charge on any atom is 0.227 e. The predicted octanol–water partition coefficient (Wildman–Crippen LogP) is 13.4. The van der Waals surface area contributed by atoms with Crippen molar-refractivity contribution in [3.8, 4) is 33.7 Å². The Kier molecular flexibility index (Phi) is 6.78. The van der Waals surface area contributed by atoms with E-state index in [0.717, 1.165) is 72.4 Å². The Labute approximate surface area is 294 Å². The van der Waals surface area contributed by atoms with Gasteiger partial charge in [0, 0.05) is 45.0 Å². The average Bonchev–Trinajstić information content (AvgIpc) is 3.80. The molecule has 0 unspecified atom stereocenters. The second-order valence-corrected chi connectivity index (χ2v) is 12.8.